The number of ketones is 1. The van der Waals surface area contributed by atoms with Gasteiger partial charge in [-0.25, -0.2) is 0 Å². The third kappa shape index (κ3) is 4.22. The third-order valence-electron chi connectivity index (χ3n) is 9.23. The Morgan fingerprint density at radius 3 is 2.10 bits per heavy atom. The zero-order chi connectivity index (χ0) is 23.6. The van der Waals surface area contributed by atoms with Gasteiger partial charge >= 0.3 is 0 Å². The van der Waals surface area contributed by atoms with Gasteiger partial charge in [0.15, 0.2) is 16.6 Å². The van der Waals surface area contributed by atoms with E-state index in [0.29, 0.717) is 17.6 Å². The van der Waals surface area contributed by atoms with Gasteiger partial charge in [0.05, 0.1) is 12.2 Å². The Bertz CT molecular complexity index is 723. The predicted octanol–water partition coefficient (Wildman–Crippen LogP) is 7.06. The quantitative estimate of drug-likeness (QED) is 0.323. The normalized spacial score (nSPS) is 46.3. The first kappa shape index (κ1) is 25.4. The Labute approximate surface area is 194 Å². The van der Waals surface area contributed by atoms with Crippen LogP contribution in [0.15, 0.2) is 12.7 Å². The maximum Gasteiger partial charge on any atom is 0.184 e. The van der Waals surface area contributed by atoms with E-state index >= 15 is 0 Å². The Balaban J connectivity index is 2.25. The summed E-state index contributed by atoms with van der Waals surface area (Å²) in [5.41, 5.74) is -0.283. The number of rotatable bonds is 5. The van der Waals surface area contributed by atoms with Gasteiger partial charge in [0.1, 0.15) is 5.78 Å². The molecule has 3 rings (SSSR count). The standard InChI is InChI=1S/C26H48O3Si2/c1-12-24(4)17-21(28-30(6,7)8)25(5)18(2)13-15-26(16-14-20(27)22(25)26)19(3)23(24)29-31(9,10)11/h12,18-19,21-23H,1,13-17H2,2-11H3/t18-,19+,21-,22+,23+,24-,25+,26+/m1/s1. The number of carbonyl (C=O) groups excluding carboxylic acids is 1. The molecule has 31 heavy (non-hydrogen) atoms. The average molecular weight is 465 g/mol. The van der Waals surface area contributed by atoms with Crippen LogP contribution in [0, 0.1) is 34.0 Å². The molecule has 0 unspecified atom stereocenters. The molecule has 0 saturated heterocycles. The van der Waals surface area contributed by atoms with Crippen LogP contribution >= 0.6 is 0 Å². The Hall–Kier alpha value is -0.236. The Kier molecular flexibility index (Phi) is 6.49. The topological polar surface area (TPSA) is 35.5 Å². The van der Waals surface area contributed by atoms with E-state index in [1.165, 1.54) is 6.42 Å². The van der Waals surface area contributed by atoms with Gasteiger partial charge < -0.3 is 8.85 Å². The molecule has 0 aliphatic heterocycles. The van der Waals surface area contributed by atoms with E-state index in [1.807, 2.05) is 0 Å². The SMILES string of the molecule is C=C[C@]1(C)C[C@@H](O[Si](C)(C)C)[C@]2(C)[C@H](C)CC[C@]3(CCC(=O)[C@H]32)[C@@H](C)[C@@H]1O[Si](C)(C)C. The number of carbonyl (C=O) groups is 1. The third-order valence-corrected chi connectivity index (χ3v) is 11.2. The van der Waals surface area contributed by atoms with Crippen LogP contribution in [-0.2, 0) is 13.6 Å². The van der Waals surface area contributed by atoms with Gasteiger partial charge in [0.25, 0.3) is 0 Å². The summed E-state index contributed by atoms with van der Waals surface area (Å²) >= 11 is 0. The second kappa shape index (κ2) is 7.92. The zero-order valence-electron chi connectivity index (χ0n) is 21.9. The molecule has 0 heterocycles. The van der Waals surface area contributed by atoms with Gasteiger partial charge in [-0.15, -0.1) is 6.58 Å². The lowest BCUT2D eigenvalue weighted by Crippen LogP contribution is -2.64. The van der Waals surface area contributed by atoms with Crippen LogP contribution in [0.3, 0.4) is 0 Å². The van der Waals surface area contributed by atoms with Crippen molar-refractivity contribution in [1.29, 1.82) is 0 Å². The molecule has 0 amide bonds. The molecule has 3 nitrogen and oxygen atoms in total. The molecule has 0 aromatic heterocycles. The van der Waals surface area contributed by atoms with Gasteiger partial charge in [-0.3, -0.25) is 4.79 Å². The van der Waals surface area contributed by atoms with Crippen LogP contribution in [0.25, 0.3) is 0 Å². The maximum absolute atomic E-state index is 13.6. The fourth-order valence-corrected chi connectivity index (χ4v) is 9.95. The fraction of sp³-hybridized carbons (Fsp3) is 0.885. The summed E-state index contributed by atoms with van der Waals surface area (Å²) in [7, 11) is -3.63. The van der Waals surface area contributed by atoms with E-state index in [9.17, 15) is 4.79 Å². The van der Waals surface area contributed by atoms with Crippen LogP contribution < -0.4 is 0 Å². The smallest absolute Gasteiger partial charge is 0.184 e. The van der Waals surface area contributed by atoms with E-state index in [0.717, 1.165) is 25.7 Å². The van der Waals surface area contributed by atoms with E-state index in [4.69, 9.17) is 8.85 Å². The number of hydrogen-bond donors (Lipinski definition) is 0. The maximum atomic E-state index is 13.6. The molecule has 0 N–H and O–H groups in total. The lowest BCUT2D eigenvalue weighted by molar-refractivity contribution is -0.185. The molecule has 0 radical (unpaired) electrons. The molecule has 0 aromatic carbocycles. The van der Waals surface area contributed by atoms with Crippen LogP contribution in [0.5, 0.6) is 0 Å². The summed E-state index contributed by atoms with van der Waals surface area (Å²) in [5.74, 6) is 1.38. The van der Waals surface area contributed by atoms with Crippen molar-refractivity contribution < 1.29 is 13.6 Å². The van der Waals surface area contributed by atoms with Gasteiger partial charge in [-0.05, 0) is 82.2 Å². The summed E-state index contributed by atoms with van der Waals surface area (Å²) in [6.07, 6.45) is 7.24. The van der Waals surface area contributed by atoms with E-state index in [1.54, 1.807) is 0 Å². The lowest BCUT2D eigenvalue weighted by Gasteiger charge is -2.63. The highest BCUT2D eigenvalue weighted by Gasteiger charge is 2.68. The molecule has 8 atom stereocenters. The Morgan fingerprint density at radius 1 is 1.00 bits per heavy atom. The predicted molar refractivity (Wildman–Crippen MR) is 135 cm³/mol. The second-order valence-corrected chi connectivity index (χ2v) is 22.4. The number of Topliss-reactive ketones (excluding diaryl/α,β-unsaturated/α-hetero) is 1. The summed E-state index contributed by atoms with van der Waals surface area (Å²) in [5, 5.41) is 0. The molecule has 5 heteroatoms. The van der Waals surface area contributed by atoms with Crippen LogP contribution in [0.4, 0.5) is 0 Å². The molecule has 3 aliphatic carbocycles. The fourth-order valence-electron chi connectivity index (χ4n) is 7.52. The molecular weight excluding hydrogens is 416 g/mol. The highest BCUT2D eigenvalue weighted by Crippen LogP contribution is 2.68. The highest BCUT2D eigenvalue weighted by molar-refractivity contribution is 6.70. The van der Waals surface area contributed by atoms with Gasteiger partial charge in [0, 0.05) is 23.2 Å². The van der Waals surface area contributed by atoms with Crippen molar-refractivity contribution in [3.05, 3.63) is 12.7 Å². The molecular formula is C26H48O3Si2. The average Bonchev–Trinajstić information content (AvgIpc) is 2.98. The van der Waals surface area contributed by atoms with Crippen LogP contribution in [0.2, 0.25) is 39.3 Å². The van der Waals surface area contributed by atoms with Crippen molar-refractivity contribution in [1.82, 2.24) is 0 Å². The molecule has 3 fully saturated rings. The molecule has 0 spiro atoms. The van der Waals surface area contributed by atoms with Gasteiger partial charge in [-0.1, -0.05) is 33.8 Å². The van der Waals surface area contributed by atoms with Crippen LogP contribution in [-0.4, -0.2) is 34.6 Å². The molecule has 3 aliphatic rings. The van der Waals surface area contributed by atoms with Gasteiger partial charge in [-0.2, -0.15) is 0 Å². The first-order valence-electron chi connectivity index (χ1n) is 12.5. The van der Waals surface area contributed by atoms with E-state index in [2.05, 4.69) is 79.6 Å². The minimum absolute atomic E-state index is 0.0222. The largest absolute Gasteiger partial charge is 0.414 e. The molecule has 2 bridgehead atoms. The lowest BCUT2D eigenvalue weighted by atomic mass is 9.44. The summed E-state index contributed by atoms with van der Waals surface area (Å²) in [4.78, 5) is 13.6. The highest BCUT2D eigenvalue weighted by atomic mass is 28.4. The van der Waals surface area contributed by atoms with Crippen molar-refractivity contribution in [2.24, 2.45) is 34.0 Å². The molecule has 178 valence electrons. The first-order valence-corrected chi connectivity index (χ1v) is 19.3. The van der Waals surface area contributed by atoms with Crippen molar-refractivity contribution in [3.63, 3.8) is 0 Å². The second-order valence-electron chi connectivity index (χ2n) is 13.5. The molecule has 0 aromatic rings. The summed E-state index contributed by atoms with van der Waals surface area (Å²) < 4.78 is 14.0. The van der Waals surface area contributed by atoms with Crippen molar-refractivity contribution in [2.45, 2.75) is 111 Å². The van der Waals surface area contributed by atoms with Crippen molar-refractivity contribution >= 4 is 22.4 Å². The van der Waals surface area contributed by atoms with Crippen molar-refractivity contribution in [2.75, 3.05) is 0 Å². The van der Waals surface area contributed by atoms with E-state index < -0.39 is 16.6 Å². The van der Waals surface area contributed by atoms with Crippen molar-refractivity contribution in [3.8, 4) is 0 Å². The van der Waals surface area contributed by atoms with Crippen LogP contribution in [0.1, 0.15) is 59.8 Å². The van der Waals surface area contributed by atoms with E-state index in [-0.39, 0.29) is 34.4 Å². The summed E-state index contributed by atoms with van der Waals surface area (Å²) in [6.45, 7) is 27.6. The minimum atomic E-state index is -1.82. The zero-order valence-corrected chi connectivity index (χ0v) is 23.9. The first-order chi connectivity index (χ1) is 14.0. The van der Waals surface area contributed by atoms with Gasteiger partial charge in [0.2, 0.25) is 0 Å². The number of hydrogen-bond acceptors (Lipinski definition) is 3. The molecule has 3 saturated carbocycles. The Morgan fingerprint density at radius 2 is 1.58 bits per heavy atom. The minimum Gasteiger partial charge on any atom is -0.414 e. The summed E-state index contributed by atoms with van der Waals surface area (Å²) in [6, 6.07) is 0. The monoisotopic (exact) mass is 464 g/mol.